The zero-order valence-corrected chi connectivity index (χ0v) is 14.8. The van der Waals surface area contributed by atoms with Crippen LogP contribution in [0.4, 0.5) is 0 Å². The van der Waals surface area contributed by atoms with E-state index in [4.69, 9.17) is 10.2 Å². The van der Waals surface area contributed by atoms with Gasteiger partial charge in [0, 0.05) is 21.8 Å². The van der Waals surface area contributed by atoms with E-state index >= 15 is 0 Å². The van der Waals surface area contributed by atoms with Crippen LogP contribution in [0.1, 0.15) is 0 Å². The van der Waals surface area contributed by atoms with E-state index in [2.05, 4.69) is 53.5 Å². The molecule has 3 nitrogen and oxygen atoms in total. The molecule has 0 fully saturated rings. The van der Waals surface area contributed by atoms with Crippen LogP contribution >= 0.6 is 0 Å². The molecule has 0 unspecified atom stereocenters. The van der Waals surface area contributed by atoms with Gasteiger partial charge in [0.25, 0.3) is 0 Å². The van der Waals surface area contributed by atoms with Gasteiger partial charge in [-0.3, -0.25) is 0 Å². The third-order valence-corrected chi connectivity index (χ3v) is 3.93. The summed E-state index contributed by atoms with van der Waals surface area (Å²) in [5.41, 5.74) is 2.42. The van der Waals surface area contributed by atoms with Crippen molar-refractivity contribution in [1.29, 1.82) is 0 Å². The monoisotopic (exact) mass is 355 g/mol. The second-order valence-corrected chi connectivity index (χ2v) is 5.89. The Labute approximate surface area is 158 Å². The summed E-state index contributed by atoms with van der Waals surface area (Å²) in [6, 6.07) is 34.2. The van der Waals surface area contributed by atoms with E-state index in [1.807, 2.05) is 12.1 Å². The van der Waals surface area contributed by atoms with Crippen molar-refractivity contribution in [2.24, 2.45) is 0 Å². The minimum absolute atomic E-state index is 0.322. The van der Waals surface area contributed by atoms with E-state index in [0.717, 1.165) is 0 Å². The van der Waals surface area contributed by atoms with Gasteiger partial charge in [0.2, 0.25) is 0 Å². The number of H-pyrrole nitrogens is 1. The molecule has 0 atom stereocenters. The molecule has 5 rings (SSSR count). The average molecular weight is 355 g/mol. The van der Waals surface area contributed by atoms with Crippen LogP contribution in [0.5, 0.6) is 11.5 Å². The number of aromatic amines is 1. The normalized spacial score (nSPS) is 9.78. The summed E-state index contributed by atoms with van der Waals surface area (Å²) in [7, 11) is 0. The Morgan fingerprint density at radius 1 is 0.407 bits per heavy atom. The lowest BCUT2D eigenvalue weighted by Crippen LogP contribution is -1.62. The molecule has 0 saturated heterocycles. The fraction of sp³-hybridized carbons (Fsp3) is 0. The molecule has 5 aromatic rings. The molecule has 1 heterocycles. The van der Waals surface area contributed by atoms with Crippen LogP contribution < -0.4 is 0 Å². The molecule has 0 aliphatic carbocycles. The number of hydrogen-bond donors (Lipinski definition) is 3. The second-order valence-electron chi connectivity index (χ2n) is 5.89. The number of nitrogens with one attached hydrogen (secondary N) is 1. The molecule has 3 N–H and O–H groups in total. The number of rotatable bonds is 0. The van der Waals surface area contributed by atoms with Crippen molar-refractivity contribution < 1.29 is 10.2 Å². The van der Waals surface area contributed by atoms with Crippen LogP contribution in [0.3, 0.4) is 0 Å². The molecule has 27 heavy (non-hydrogen) atoms. The maximum absolute atomic E-state index is 8.63. The summed E-state index contributed by atoms with van der Waals surface area (Å²) < 4.78 is 0. The molecule has 134 valence electrons. The van der Waals surface area contributed by atoms with Crippen molar-refractivity contribution in [2.45, 2.75) is 0 Å². The Balaban J connectivity index is 0.000000128. The number of phenolic OH excluding ortho intramolecular Hbond substituents is 2. The predicted molar refractivity (Wildman–Crippen MR) is 112 cm³/mol. The highest BCUT2D eigenvalue weighted by molar-refractivity contribution is 6.06. The van der Waals surface area contributed by atoms with Crippen LogP contribution in [-0.2, 0) is 0 Å². The van der Waals surface area contributed by atoms with E-state index < -0.39 is 0 Å². The van der Waals surface area contributed by atoms with E-state index in [1.165, 1.54) is 21.8 Å². The van der Waals surface area contributed by atoms with E-state index in [-0.39, 0.29) is 0 Å². The van der Waals surface area contributed by atoms with Crippen molar-refractivity contribution in [1.82, 2.24) is 4.98 Å². The van der Waals surface area contributed by atoms with Gasteiger partial charge in [-0.15, -0.1) is 0 Å². The molecule has 0 radical (unpaired) electrons. The Morgan fingerprint density at radius 2 is 0.741 bits per heavy atom. The molecule has 0 amide bonds. The molecule has 3 heteroatoms. The number of fused-ring (bicyclic) bond motifs is 3. The summed E-state index contributed by atoms with van der Waals surface area (Å²) in [5.74, 6) is 0.644. The fourth-order valence-corrected chi connectivity index (χ4v) is 2.66. The second kappa shape index (κ2) is 9.11. The Hall–Kier alpha value is -3.72. The summed E-state index contributed by atoms with van der Waals surface area (Å²) in [6.45, 7) is 0. The number of hydrogen-bond acceptors (Lipinski definition) is 2. The van der Waals surface area contributed by atoms with Crippen LogP contribution in [0, 0.1) is 0 Å². The minimum atomic E-state index is 0.322. The highest BCUT2D eigenvalue weighted by Gasteiger charge is 2.00. The Kier molecular flexibility index (Phi) is 6.10. The number of aromatic hydroxyl groups is 2. The fourth-order valence-electron chi connectivity index (χ4n) is 2.66. The number of aromatic nitrogens is 1. The lowest BCUT2D eigenvalue weighted by molar-refractivity contribution is 0.475. The first-order chi connectivity index (χ1) is 13.2. The molecule has 0 aliphatic rings. The van der Waals surface area contributed by atoms with Gasteiger partial charge in [-0.2, -0.15) is 0 Å². The van der Waals surface area contributed by atoms with Gasteiger partial charge in [0.1, 0.15) is 11.5 Å². The van der Waals surface area contributed by atoms with Gasteiger partial charge in [-0.05, 0) is 36.4 Å². The van der Waals surface area contributed by atoms with Crippen molar-refractivity contribution in [3.8, 4) is 11.5 Å². The van der Waals surface area contributed by atoms with Crippen molar-refractivity contribution in [2.75, 3.05) is 0 Å². The third kappa shape index (κ3) is 5.13. The standard InChI is InChI=1S/C12H9N.2C6H6O/c1-3-7-11-9(5-1)10-6-2-4-8-12(10)13-11;2*7-6-4-2-1-3-5-6/h1-8,13H;2*1-5,7H. The summed E-state index contributed by atoms with van der Waals surface area (Å²) >= 11 is 0. The van der Waals surface area contributed by atoms with Gasteiger partial charge >= 0.3 is 0 Å². The first-order valence-electron chi connectivity index (χ1n) is 8.67. The molecule has 1 aromatic heterocycles. The first-order valence-corrected chi connectivity index (χ1v) is 8.67. The molecule has 0 saturated carbocycles. The maximum atomic E-state index is 8.63. The lowest BCUT2D eigenvalue weighted by atomic mass is 10.2. The summed E-state index contributed by atoms with van der Waals surface area (Å²) in [4.78, 5) is 3.38. The average Bonchev–Trinajstić information content (AvgIpc) is 3.09. The Morgan fingerprint density at radius 3 is 1.07 bits per heavy atom. The predicted octanol–water partition coefficient (Wildman–Crippen LogP) is 6.11. The SMILES string of the molecule is Oc1ccccc1.Oc1ccccc1.c1ccc2c(c1)[nH]c1ccccc12. The quantitative estimate of drug-likeness (QED) is 0.314. The largest absolute Gasteiger partial charge is 0.508 e. The van der Waals surface area contributed by atoms with E-state index in [0.29, 0.717) is 11.5 Å². The molecule has 0 bridgehead atoms. The zero-order chi connectivity index (χ0) is 18.9. The van der Waals surface area contributed by atoms with E-state index in [1.54, 1.807) is 48.5 Å². The van der Waals surface area contributed by atoms with Crippen molar-refractivity contribution >= 4 is 21.8 Å². The van der Waals surface area contributed by atoms with Gasteiger partial charge < -0.3 is 15.2 Å². The van der Waals surface area contributed by atoms with Crippen LogP contribution in [0.25, 0.3) is 21.8 Å². The van der Waals surface area contributed by atoms with Crippen molar-refractivity contribution in [3.05, 3.63) is 109 Å². The Bertz CT molecular complexity index is 999. The van der Waals surface area contributed by atoms with Gasteiger partial charge in [-0.1, -0.05) is 72.8 Å². The molecule has 4 aromatic carbocycles. The smallest absolute Gasteiger partial charge is 0.115 e. The molecule has 0 spiro atoms. The van der Waals surface area contributed by atoms with Crippen LogP contribution in [0.15, 0.2) is 109 Å². The molecule has 0 aliphatic heterocycles. The van der Waals surface area contributed by atoms with Gasteiger partial charge in [-0.25, -0.2) is 0 Å². The van der Waals surface area contributed by atoms with Gasteiger partial charge in [0.15, 0.2) is 0 Å². The van der Waals surface area contributed by atoms with Gasteiger partial charge in [0.05, 0.1) is 0 Å². The maximum Gasteiger partial charge on any atom is 0.115 e. The minimum Gasteiger partial charge on any atom is -0.508 e. The number of benzene rings is 4. The molecular formula is C24H21NO2. The summed E-state index contributed by atoms with van der Waals surface area (Å²) in [5, 5.41) is 19.9. The lowest BCUT2D eigenvalue weighted by Gasteiger charge is -1.87. The first kappa shape index (κ1) is 18.1. The zero-order valence-electron chi connectivity index (χ0n) is 14.8. The highest BCUT2D eigenvalue weighted by atomic mass is 16.3. The number of phenols is 2. The van der Waals surface area contributed by atoms with E-state index in [9.17, 15) is 0 Å². The van der Waals surface area contributed by atoms with Crippen molar-refractivity contribution in [3.63, 3.8) is 0 Å². The third-order valence-electron chi connectivity index (χ3n) is 3.93. The summed E-state index contributed by atoms with van der Waals surface area (Å²) in [6.07, 6.45) is 0. The molecular weight excluding hydrogens is 334 g/mol. The number of para-hydroxylation sites is 4. The van der Waals surface area contributed by atoms with Crippen LogP contribution in [-0.4, -0.2) is 15.2 Å². The highest BCUT2D eigenvalue weighted by Crippen LogP contribution is 2.24. The van der Waals surface area contributed by atoms with Crippen LogP contribution in [0.2, 0.25) is 0 Å². The topological polar surface area (TPSA) is 56.2 Å².